The van der Waals surface area contributed by atoms with Crippen molar-refractivity contribution >= 4 is 15.8 Å². The van der Waals surface area contributed by atoms with Crippen LogP contribution in [0.5, 0.6) is 0 Å². The van der Waals surface area contributed by atoms with Gasteiger partial charge in [0.05, 0.1) is 0 Å². The van der Waals surface area contributed by atoms with Gasteiger partial charge in [-0.25, -0.2) is 0 Å². The molecule has 0 aromatic carbocycles. The molecule has 16 unspecified atom stereocenters. The SMILES string of the molecule is CC12CC3CC(CC(C3)C1(C)P(C[C]13[CH]4[CH]5[CH]6[C]1(CP(C1(C)C7CC8CC(C7)CC1(C)C8)C1(C)C7CC8CC(C7)CC1(C)C8)[Fe]54631789[CH]3[CH]1[CH]7[CH]8[CH]39)C1(C)C3CC4CC(C3)CC1(C)C4)C2. The molecule has 0 aromatic heterocycles. The van der Waals surface area contributed by atoms with Crippen LogP contribution in [0.15, 0.2) is 0 Å². The fourth-order valence-electron chi connectivity index (χ4n) is 41.1. The quantitative estimate of drug-likeness (QED) is 0.168. The summed E-state index contributed by atoms with van der Waals surface area (Å²) in [4.78, 5) is 11.8. The van der Waals surface area contributed by atoms with Gasteiger partial charge in [0.2, 0.25) is 0 Å². The summed E-state index contributed by atoms with van der Waals surface area (Å²) in [5.41, 5.74) is 2.61. The van der Waals surface area contributed by atoms with Crippen molar-refractivity contribution in [2.75, 3.05) is 12.3 Å². The molecule has 26 fully saturated rings. The van der Waals surface area contributed by atoms with Crippen molar-refractivity contribution in [3.8, 4) is 0 Å². The maximum atomic E-state index is 3.21. The molecule has 10 aliphatic heterocycles. The molecule has 16 bridgehead atoms. The topological polar surface area (TPSA) is 0 Å². The summed E-state index contributed by atoms with van der Waals surface area (Å²) in [6.45, 7) is 21.1. The minimum absolute atomic E-state index is 0.0367. The average molecular weight is 927 g/mol. The third-order valence-electron chi connectivity index (χ3n) is 40.1. The zero-order valence-electron chi connectivity index (χ0n) is 41.4. The third kappa shape index (κ3) is 1.42. The first-order valence-electron chi connectivity index (χ1n) is 29.4. The summed E-state index contributed by atoms with van der Waals surface area (Å²) in [5.74, 6) is 13.2. The number of hydrogen-bond acceptors (Lipinski definition) is 0. The van der Waals surface area contributed by atoms with Gasteiger partial charge in [0.25, 0.3) is 0 Å². The Balaban J connectivity index is 0.782. The minimum atomic E-state index is -3.89. The van der Waals surface area contributed by atoms with Crippen molar-refractivity contribution in [1.82, 2.24) is 0 Å². The molecule has 26 aliphatic rings. The predicted molar refractivity (Wildman–Crippen MR) is 259 cm³/mol. The van der Waals surface area contributed by atoms with Crippen molar-refractivity contribution in [1.29, 1.82) is 0 Å². The summed E-state index contributed by atoms with van der Waals surface area (Å²) in [6, 6.07) is 0. The summed E-state index contributed by atoms with van der Waals surface area (Å²) >= 11 is 0. The molecule has 3 heteroatoms. The standard InChI is InChI=1S/C55H83P2.C5H5.Fe/c1-48-24-34-12-35(25-48)17-44(16-34)52(48,5)56(53(6)45-18-36-13-37(19-45)27-49(53,2)26-36)32-42-10-9-11-43(42)33-57(54(7)46-20-38-14-39(21-46)29-50(54,3)28-38)55(8)47-22-40-15-41(23-47)31-51(55,4)30-40;1-2-4-5-3-1;/h9-11,34-41,44-47H,12-33H2,1-8H3;1-5H;. The molecule has 0 aromatic rings. The van der Waals surface area contributed by atoms with Gasteiger partial charge in [-0.15, -0.1) is 0 Å². The van der Waals surface area contributed by atoms with Crippen LogP contribution in [0.25, 0.3) is 0 Å². The van der Waals surface area contributed by atoms with Crippen LogP contribution in [0.4, 0.5) is 0 Å². The predicted octanol–water partition coefficient (Wildman–Crippen LogP) is 17.5. The van der Waals surface area contributed by atoms with Gasteiger partial charge in [-0.1, -0.05) is 0 Å². The van der Waals surface area contributed by atoms with Crippen molar-refractivity contribution < 1.29 is 6.51 Å². The second kappa shape index (κ2) is 6.53. The van der Waals surface area contributed by atoms with Gasteiger partial charge in [0.15, 0.2) is 0 Å². The Hall–Kier alpha value is 1.38. The first kappa shape index (κ1) is 35.5. The molecular formula is C60H88FeP2. The molecule has 10 saturated heterocycles. The van der Waals surface area contributed by atoms with E-state index in [2.05, 4.69) is 55.4 Å². The number of fused-ring (bicyclic) bond motifs is 10. The van der Waals surface area contributed by atoms with Crippen LogP contribution in [0.2, 0.25) is 47.2 Å². The molecule has 346 valence electrons. The Bertz CT molecular complexity index is 2450. The third-order valence-corrected chi connectivity index (χ3v) is 94.4. The van der Waals surface area contributed by atoms with Crippen LogP contribution in [0.3, 0.4) is 0 Å². The Morgan fingerprint density at radius 3 is 0.714 bits per heavy atom. The summed E-state index contributed by atoms with van der Waals surface area (Å²) < 4.78 is 2.07. The van der Waals surface area contributed by atoms with E-state index < -0.39 is 6.51 Å². The van der Waals surface area contributed by atoms with E-state index in [1.165, 1.54) is 38.5 Å². The molecule has 16 saturated carbocycles. The molecular weight excluding hydrogens is 838 g/mol. The van der Waals surface area contributed by atoms with Gasteiger partial charge in [0, 0.05) is 0 Å². The monoisotopic (exact) mass is 927 g/mol. The van der Waals surface area contributed by atoms with E-state index in [0.717, 1.165) is 79.6 Å². The van der Waals surface area contributed by atoms with E-state index in [1.54, 1.807) is 128 Å². The van der Waals surface area contributed by atoms with Crippen LogP contribution < -0.4 is 0 Å². The van der Waals surface area contributed by atoms with Gasteiger partial charge in [0.1, 0.15) is 0 Å². The van der Waals surface area contributed by atoms with Crippen LogP contribution in [-0.4, -0.2) is 32.9 Å². The Kier molecular flexibility index (Phi) is 3.68. The Labute approximate surface area is 376 Å². The van der Waals surface area contributed by atoms with Gasteiger partial charge >= 0.3 is 379 Å². The summed E-state index contributed by atoms with van der Waals surface area (Å²) in [7, 11) is -0.0735. The molecule has 0 amide bonds. The molecule has 0 radical (unpaired) electrons. The zero-order chi connectivity index (χ0) is 41.6. The molecule has 0 nitrogen and oxygen atoms in total. The summed E-state index contributed by atoms with van der Waals surface area (Å²) in [6.07, 6.45) is 37.2. The van der Waals surface area contributed by atoms with Crippen LogP contribution >= 0.6 is 15.8 Å². The molecule has 1 spiro atoms. The van der Waals surface area contributed by atoms with Crippen LogP contribution in [0.1, 0.15) is 184 Å². The van der Waals surface area contributed by atoms with Gasteiger partial charge < -0.3 is 0 Å². The molecule has 10 heterocycles. The molecule has 0 N–H and O–H groups in total. The van der Waals surface area contributed by atoms with Crippen LogP contribution in [0, 0.1) is 92.7 Å². The fraction of sp³-hybridized carbons (Fsp3) is 1.00. The van der Waals surface area contributed by atoms with E-state index in [-0.39, 0.29) is 15.8 Å². The first-order chi connectivity index (χ1) is 29.7. The average Bonchev–Trinajstić information content (AvgIpc) is 4.16. The van der Waals surface area contributed by atoms with Gasteiger partial charge in [-0.3, -0.25) is 0 Å². The van der Waals surface area contributed by atoms with Crippen molar-refractivity contribution in [2.45, 2.75) is 252 Å². The van der Waals surface area contributed by atoms with Gasteiger partial charge in [-0.2, -0.15) is 0 Å². The maximum absolute atomic E-state index is 3.89. The zero-order valence-corrected chi connectivity index (χ0v) is 44.2. The van der Waals surface area contributed by atoms with E-state index in [0.29, 0.717) is 42.3 Å². The molecule has 16 aliphatic carbocycles. The van der Waals surface area contributed by atoms with Crippen molar-refractivity contribution in [3.05, 3.63) is 0 Å². The van der Waals surface area contributed by atoms with E-state index in [1.807, 2.05) is 12.3 Å². The molecule has 16 atom stereocenters. The van der Waals surface area contributed by atoms with Crippen molar-refractivity contribution in [2.24, 2.45) is 92.7 Å². The van der Waals surface area contributed by atoms with E-state index in [9.17, 15) is 0 Å². The first-order valence-corrected chi connectivity index (χ1v) is 38.7. The van der Waals surface area contributed by atoms with E-state index in [4.69, 9.17) is 0 Å². The van der Waals surface area contributed by atoms with E-state index >= 15 is 0 Å². The second-order valence-corrected chi connectivity index (χ2v) is 65.7. The second-order valence-electron chi connectivity index (χ2n) is 36.2. The Morgan fingerprint density at radius 1 is 0.317 bits per heavy atom. The Morgan fingerprint density at radius 2 is 0.540 bits per heavy atom. The fourth-order valence-corrected chi connectivity index (χ4v) is 135. The van der Waals surface area contributed by atoms with Gasteiger partial charge in [-0.05, 0) is 0 Å². The number of hydrogen-bond donors (Lipinski definition) is 0. The number of rotatable bonds is 8. The molecule has 63 heavy (non-hydrogen) atoms. The van der Waals surface area contributed by atoms with Crippen molar-refractivity contribution in [3.63, 3.8) is 0 Å². The van der Waals surface area contributed by atoms with Crippen LogP contribution in [-0.2, 0) is 6.51 Å². The normalized spacial score (nSPS) is 87.6. The molecule has 26 rings (SSSR count). The summed E-state index contributed by atoms with van der Waals surface area (Å²) in [5, 5.41) is 2.66.